The summed E-state index contributed by atoms with van der Waals surface area (Å²) in [7, 11) is -3.62. The van der Waals surface area contributed by atoms with E-state index in [9.17, 15) is 18.0 Å². The highest BCUT2D eigenvalue weighted by atomic mass is 32.2. The zero-order chi connectivity index (χ0) is 18.4. The molecule has 0 aliphatic carbocycles. The number of hydrazine groups is 1. The van der Waals surface area contributed by atoms with Crippen LogP contribution in [0.4, 0.5) is 0 Å². The van der Waals surface area contributed by atoms with Gasteiger partial charge in [-0.15, -0.1) is 11.3 Å². The van der Waals surface area contributed by atoms with E-state index >= 15 is 0 Å². The van der Waals surface area contributed by atoms with Crippen LogP contribution in [-0.4, -0.2) is 26.3 Å². The second-order valence-corrected chi connectivity index (χ2v) is 8.00. The monoisotopic (exact) mass is 381 g/mol. The van der Waals surface area contributed by atoms with Gasteiger partial charge in [-0.25, -0.2) is 13.1 Å². The number of nitrogens with one attached hydrogen (secondary N) is 3. The summed E-state index contributed by atoms with van der Waals surface area (Å²) in [5.41, 5.74) is 4.82. The normalized spacial score (nSPS) is 12.4. The fraction of sp³-hybridized carbons (Fsp3) is 0.250. The Kier molecular flexibility index (Phi) is 6.29. The van der Waals surface area contributed by atoms with Gasteiger partial charge in [0.05, 0.1) is 9.77 Å². The van der Waals surface area contributed by atoms with Crippen molar-refractivity contribution in [1.82, 2.24) is 15.6 Å². The SMILES string of the molecule is CC[C@H](C)NS(=O)(=O)c1ccc(C(=O)NNC(=O)c2cccs2)cc1. The molecule has 134 valence electrons. The summed E-state index contributed by atoms with van der Waals surface area (Å²) in [5.74, 6) is -0.955. The molecular weight excluding hydrogens is 362 g/mol. The van der Waals surface area contributed by atoms with Crippen molar-refractivity contribution in [3.05, 3.63) is 52.2 Å². The number of carbonyl (C=O) groups excluding carboxylic acids is 2. The van der Waals surface area contributed by atoms with Crippen molar-refractivity contribution < 1.29 is 18.0 Å². The first-order valence-electron chi connectivity index (χ1n) is 7.60. The standard InChI is InChI=1S/C16H19N3O4S2/c1-3-11(2)19-25(22,23)13-8-6-12(7-9-13)15(20)17-18-16(21)14-5-4-10-24-14/h4-11,19H,3H2,1-2H3,(H,17,20)(H,18,21)/t11-/m0/s1. The summed E-state index contributed by atoms with van der Waals surface area (Å²) in [6.07, 6.45) is 0.670. The van der Waals surface area contributed by atoms with E-state index in [1.54, 1.807) is 24.4 Å². The minimum absolute atomic E-state index is 0.0759. The van der Waals surface area contributed by atoms with Crippen LogP contribution >= 0.6 is 11.3 Å². The highest BCUT2D eigenvalue weighted by Crippen LogP contribution is 2.12. The third-order valence-electron chi connectivity index (χ3n) is 3.43. The summed E-state index contributed by atoms with van der Waals surface area (Å²) in [5, 5.41) is 1.75. The largest absolute Gasteiger partial charge is 0.279 e. The Morgan fingerprint density at radius 2 is 1.72 bits per heavy atom. The zero-order valence-corrected chi connectivity index (χ0v) is 15.4. The Bertz CT molecular complexity index is 831. The summed E-state index contributed by atoms with van der Waals surface area (Å²) < 4.78 is 26.9. The summed E-state index contributed by atoms with van der Waals surface area (Å²) in [6, 6.07) is 8.65. The highest BCUT2D eigenvalue weighted by Gasteiger charge is 2.17. The summed E-state index contributed by atoms with van der Waals surface area (Å²) in [6.45, 7) is 3.65. The van der Waals surface area contributed by atoms with Crippen molar-refractivity contribution >= 4 is 33.2 Å². The van der Waals surface area contributed by atoms with Crippen LogP contribution in [0, 0.1) is 0 Å². The number of sulfonamides is 1. The Labute approximate surface area is 150 Å². The first-order valence-corrected chi connectivity index (χ1v) is 9.96. The highest BCUT2D eigenvalue weighted by molar-refractivity contribution is 7.89. The van der Waals surface area contributed by atoms with Crippen LogP contribution in [0.1, 0.15) is 40.3 Å². The topological polar surface area (TPSA) is 104 Å². The van der Waals surface area contributed by atoms with Gasteiger partial charge in [0.1, 0.15) is 0 Å². The number of hydrogen-bond donors (Lipinski definition) is 3. The van der Waals surface area contributed by atoms with Gasteiger partial charge in [-0.3, -0.25) is 20.4 Å². The molecule has 7 nitrogen and oxygen atoms in total. The molecule has 0 fully saturated rings. The van der Waals surface area contributed by atoms with E-state index in [0.29, 0.717) is 11.3 Å². The molecule has 0 aliphatic heterocycles. The number of rotatable bonds is 6. The van der Waals surface area contributed by atoms with Crippen LogP contribution in [-0.2, 0) is 10.0 Å². The molecule has 0 saturated heterocycles. The van der Waals surface area contributed by atoms with Crippen molar-refractivity contribution in [3.8, 4) is 0 Å². The van der Waals surface area contributed by atoms with Crippen molar-refractivity contribution in [2.24, 2.45) is 0 Å². The van der Waals surface area contributed by atoms with Crippen molar-refractivity contribution in [2.75, 3.05) is 0 Å². The average Bonchev–Trinajstić information content (AvgIpc) is 3.13. The molecular formula is C16H19N3O4S2. The predicted molar refractivity (Wildman–Crippen MR) is 95.8 cm³/mol. The van der Waals surface area contributed by atoms with Crippen LogP contribution in [0.15, 0.2) is 46.7 Å². The Morgan fingerprint density at radius 3 is 2.28 bits per heavy atom. The molecule has 25 heavy (non-hydrogen) atoms. The molecule has 0 radical (unpaired) electrons. The molecule has 2 rings (SSSR count). The lowest BCUT2D eigenvalue weighted by molar-refractivity contribution is 0.0849. The summed E-state index contributed by atoms with van der Waals surface area (Å²) >= 11 is 1.25. The third kappa shape index (κ3) is 5.12. The zero-order valence-electron chi connectivity index (χ0n) is 13.8. The fourth-order valence-electron chi connectivity index (χ4n) is 1.86. The molecule has 2 aromatic rings. The lowest BCUT2D eigenvalue weighted by atomic mass is 10.2. The van der Waals surface area contributed by atoms with E-state index in [1.165, 1.54) is 35.6 Å². The number of amides is 2. The Hall–Kier alpha value is -2.23. The van der Waals surface area contributed by atoms with Gasteiger partial charge in [-0.1, -0.05) is 13.0 Å². The molecule has 0 aliphatic rings. The van der Waals surface area contributed by atoms with Crippen molar-refractivity contribution in [3.63, 3.8) is 0 Å². The predicted octanol–water partition coefficient (Wildman–Crippen LogP) is 1.90. The van der Waals surface area contributed by atoms with Gasteiger partial charge >= 0.3 is 0 Å². The van der Waals surface area contributed by atoms with Crippen molar-refractivity contribution in [1.29, 1.82) is 0 Å². The molecule has 1 atom stereocenters. The van der Waals surface area contributed by atoms with Crippen LogP contribution in [0.25, 0.3) is 0 Å². The molecule has 0 saturated carbocycles. The van der Waals surface area contributed by atoms with E-state index in [2.05, 4.69) is 15.6 Å². The van der Waals surface area contributed by atoms with Crippen LogP contribution in [0.5, 0.6) is 0 Å². The van der Waals surface area contributed by atoms with Gasteiger partial charge in [-0.2, -0.15) is 0 Å². The number of benzene rings is 1. The molecule has 0 spiro atoms. The number of hydrogen-bond acceptors (Lipinski definition) is 5. The maximum Gasteiger partial charge on any atom is 0.279 e. The minimum Gasteiger partial charge on any atom is -0.267 e. The van der Waals surface area contributed by atoms with Gasteiger partial charge in [0.25, 0.3) is 11.8 Å². The molecule has 3 N–H and O–H groups in total. The smallest absolute Gasteiger partial charge is 0.267 e. The van der Waals surface area contributed by atoms with Gasteiger partial charge in [0.15, 0.2) is 0 Å². The van der Waals surface area contributed by atoms with Gasteiger partial charge in [0, 0.05) is 11.6 Å². The van der Waals surface area contributed by atoms with Crippen LogP contribution in [0.3, 0.4) is 0 Å². The average molecular weight is 381 g/mol. The lowest BCUT2D eigenvalue weighted by Gasteiger charge is -2.12. The van der Waals surface area contributed by atoms with E-state index in [1.807, 2.05) is 6.92 Å². The van der Waals surface area contributed by atoms with E-state index < -0.39 is 21.8 Å². The maximum absolute atomic E-state index is 12.2. The molecule has 1 aromatic heterocycles. The second kappa shape index (κ2) is 8.24. The Balaban J connectivity index is 1.99. The van der Waals surface area contributed by atoms with Gasteiger partial charge < -0.3 is 0 Å². The van der Waals surface area contributed by atoms with Crippen LogP contribution in [0.2, 0.25) is 0 Å². The second-order valence-electron chi connectivity index (χ2n) is 5.34. The van der Waals surface area contributed by atoms with Gasteiger partial charge in [0.2, 0.25) is 10.0 Å². The third-order valence-corrected chi connectivity index (χ3v) is 5.90. The number of carbonyl (C=O) groups is 2. The summed E-state index contributed by atoms with van der Waals surface area (Å²) in [4.78, 5) is 24.3. The van der Waals surface area contributed by atoms with Crippen LogP contribution < -0.4 is 15.6 Å². The fourth-order valence-corrected chi connectivity index (χ4v) is 3.80. The first kappa shape index (κ1) is 19.1. The van der Waals surface area contributed by atoms with E-state index in [0.717, 1.165) is 0 Å². The minimum atomic E-state index is -3.62. The molecule has 1 heterocycles. The molecule has 0 bridgehead atoms. The maximum atomic E-state index is 12.2. The molecule has 2 amide bonds. The van der Waals surface area contributed by atoms with E-state index in [-0.39, 0.29) is 16.5 Å². The number of thiophene rings is 1. The molecule has 0 unspecified atom stereocenters. The van der Waals surface area contributed by atoms with Crippen molar-refractivity contribution in [2.45, 2.75) is 31.2 Å². The van der Waals surface area contributed by atoms with Gasteiger partial charge in [-0.05, 0) is 49.1 Å². The van der Waals surface area contributed by atoms with E-state index in [4.69, 9.17) is 0 Å². The molecule has 9 heteroatoms. The molecule has 1 aromatic carbocycles. The first-order chi connectivity index (χ1) is 11.8. The lowest BCUT2D eigenvalue weighted by Crippen LogP contribution is -2.41. The Morgan fingerprint density at radius 1 is 1.08 bits per heavy atom. The quantitative estimate of drug-likeness (QED) is 0.665.